The zero-order chi connectivity index (χ0) is 15.7. The molecule has 22 heavy (non-hydrogen) atoms. The molecule has 0 aliphatic rings. The maximum atomic E-state index is 13.1. The molecule has 0 bridgehead atoms. The van der Waals surface area contributed by atoms with Gasteiger partial charge in [0.15, 0.2) is 17.3 Å². The molecule has 0 saturated heterocycles. The lowest BCUT2D eigenvalue weighted by molar-refractivity contribution is -0.117. The van der Waals surface area contributed by atoms with Crippen LogP contribution < -0.4 is 11.0 Å². The molecule has 1 amide bonds. The van der Waals surface area contributed by atoms with Gasteiger partial charge in [0.25, 0.3) is 0 Å². The molecule has 0 fully saturated rings. The summed E-state index contributed by atoms with van der Waals surface area (Å²) in [5.41, 5.74) is 0.0462. The van der Waals surface area contributed by atoms with Crippen molar-refractivity contribution in [1.29, 1.82) is 0 Å². The highest BCUT2D eigenvalue weighted by molar-refractivity contribution is 5.90. The van der Waals surface area contributed by atoms with Gasteiger partial charge in [-0.15, -0.1) is 5.10 Å². The van der Waals surface area contributed by atoms with Crippen molar-refractivity contribution in [2.24, 2.45) is 0 Å². The Balaban J connectivity index is 1.79. The third kappa shape index (κ3) is 2.58. The molecule has 112 valence electrons. The molecule has 1 N–H and O–H groups in total. The fourth-order valence-electron chi connectivity index (χ4n) is 1.98. The number of hydrogen-bond acceptors (Lipinski definition) is 3. The molecule has 0 aliphatic heterocycles. The van der Waals surface area contributed by atoms with E-state index in [4.69, 9.17) is 0 Å². The molecule has 2 heterocycles. The number of rotatable bonds is 3. The van der Waals surface area contributed by atoms with E-state index in [-0.39, 0.29) is 12.2 Å². The first kappa shape index (κ1) is 13.9. The van der Waals surface area contributed by atoms with E-state index in [1.54, 1.807) is 18.2 Å². The third-order valence-corrected chi connectivity index (χ3v) is 2.99. The molecule has 8 heteroatoms. The molecule has 1 aromatic carbocycles. The van der Waals surface area contributed by atoms with Gasteiger partial charge in [-0.25, -0.2) is 18.3 Å². The van der Waals surface area contributed by atoms with Crippen LogP contribution in [0.15, 0.2) is 47.4 Å². The summed E-state index contributed by atoms with van der Waals surface area (Å²) in [6, 6.07) is 8.00. The molecular weight excluding hydrogens is 294 g/mol. The first-order valence-corrected chi connectivity index (χ1v) is 6.34. The number of hydrogen-bond donors (Lipinski definition) is 1. The number of nitrogens with zero attached hydrogens (tertiary/aromatic N) is 3. The second-order valence-corrected chi connectivity index (χ2v) is 4.55. The second kappa shape index (κ2) is 5.40. The quantitative estimate of drug-likeness (QED) is 0.795. The van der Waals surface area contributed by atoms with Gasteiger partial charge in [-0.05, 0) is 24.3 Å². The first-order chi connectivity index (χ1) is 10.5. The van der Waals surface area contributed by atoms with Crippen LogP contribution in [0.25, 0.3) is 5.65 Å². The number of amides is 1. The van der Waals surface area contributed by atoms with Gasteiger partial charge in [-0.2, -0.15) is 0 Å². The van der Waals surface area contributed by atoms with Gasteiger partial charge in [-0.3, -0.25) is 9.20 Å². The first-order valence-electron chi connectivity index (χ1n) is 6.34. The molecule has 3 rings (SSSR count). The predicted molar refractivity (Wildman–Crippen MR) is 74.4 cm³/mol. The van der Waals surface area contributed by atoms with Crippen LogP contribution in [0.2, 0.25) is 0 Å². The summed E-state index contributed by atoms with van der Waals surface area (Å²) in [6.07, 6.45) is 1.54. The topological polar surface area (TPSA) is 68.4 Å². The van der Waals surface area contributed by atoms with E-state index in [9.17, 15) is 18.4 Å². The molecule has 2 aromatic heterocycles. The van der Waals surface area contributed by atoms with Crippen molar-refractivity contribution in [3.63, 3.8) is 0 Å². The Labute approximate surface area is 122 Å². The lowest BCUT2D eigenvalue weighted by Gasteiger charge is -2.05. The standard InChI is InChI=1S/C14H10F2N4O2/c15-10-5-4-9(7-11(10)16)17-13(21)8-20-14(22)19-6-2-1-3-12(19)18-20/h1-7H,8H2,(H,17,21). The minimum Gasteiger partial charge on any atom is -0.324 e. The van der Waals surface area contributed by atoms with Crippen LogP contribution in [-0.2, 0) is 11.3 Å². The molecule has 0 radical (unpaired) electrons. The van der Waals surface area contributed by atoms with E-state index in [2.05, 4.69) is 10.4 Å². The van der Waals surface area contributed by atoms with Gasteiger partial charge < -0.3 is 5.32 Å². The summed E-state index contributed by atoms with van der Waals surface area (Å²) in [4.78, 5) is 23.9. The Morgan fingerprint density at radius 3 is 2.73 bits per heavy atom. The van der Waals surface area contributed by atoms with Gasteiger partial charge in [0, 0.05) is 18.0 Å². The van der Waals surface area contributed by atoms with E-state index >= 15 is 0 Å². The maximum Gasteiger partial charge on any atom is 0.350 e. The van der Waals surface area contributed by atoms with Crippen molar-refractivity contribution in [3.8, 4) is 0 Å². The van der Waals surface area contributed by atoms with E-state index in [0.29, 0.717) is 5.65 Å². The van der Waals surface area contributed by atoms with Crippen LogP contribution >= 0.6 is 0 Å². The predicted octanol–water partition coefficient (Wildman–Crippen LogP) is 1.41. The number of carbonyl (C=O) groups is 1. The summed E-state index contributed by atoms with van der Waals surface area (Å²) in [7, 11) is 0. The summed E-state index contributed by atoms with van der Waals surface area (Å²) in [5.74, 6) is -2.64. The Kier molecular flexibility index (Phi) is 3.42. The number of aromatic nitrogens is 3. The normalized spacial score (nSPS) is 10.8. The van der Waals surface area contributed by atoms with E-state index < -0.39 is 23.2 Å². The number of carbonyl (C=O) groups excluding carboxylic acids is 1. The highest BCUT2D eigenvalue weighted by atomic mass is 19.2. The molecule has 0 atom stereocenters. The number of halogens is 2. The zero-order valence-corrected chi connectivity index (χ0v) is 11.2. The lowest BCUT2D eigenvalue weighted by atomic mass is 10.3. The Bertz CT molecular complexity index is 917. The Morgan fingerprint density at radius 1 is 1.18 bits per heavy atom. The largest absolute Gasteiger partial charge is 0.350 e. The highest BCUT2D eigenvalue weighted by Crippen LogP contribution is 2.12. The van der Waals surface area contributed by atoms with E-state index in [0.717, 1.165) is 16.8 Å². The molecular formula is C14H10F2N4O2. The molecule has 0 aliphatic carbocycles. The van der Waals surface area contributed by atoms with Crippen molar-refractivity contribution < 1.29 is 13.6 Å². The molecule has 6 nitrogen and oxygen atoms in total. The van der Waals surface area contributed by atoms with Crippen LogP contribution in [0, 0.1) is 11.6 Å². The van der Waals surface area contributed by atoms with E-state index in [1.165, 1.54) is 16.7 Å². The van der Waals surface area contributed by atoms with Gasteiger partial charge in [0.05, 0.1) is 0 Å². The number of pyridine rings is 1. The second-order valence-electron chi connectivity index (χ2n) is 4.55. The third-order valence-electron chi connectivity index (χ3n) is 2.99. The highest BCUT2D eigenvalue weighted by Gasteiger charge is 2.11. The number of benzene rings is 1. The lowest BCUT2D eigenvalue weighted by Crippen LogP contribution is -2.28. The fourth-order valence-corrected chi connectivity index (χ4v) is 1.98. The minimum atomic E-state index is -1.07. The monoisotopic (exact) mass is 304 g/mol. The molecule has 0 saturated carbocycles. The Morgan fingerprint density at radius 2 is 2.00 bits per heavy atom. The molecule has 3 aromatic rings. The average molecular weight is 304 g/mol. The van der Waals surface area contributed by atoms with Crippen LogP contribution in [0.3, 0.4) is 0 Å². The summed E-state index contributed by atoms with van der Waals surface area (Å²) in [5, 5.41) is 6.37. The van der Waals surface area contributed by atoms with Gasteiger partial charge in [-0.1, -0.05) is 6.07 Å². The van der Waals surface area contributed by atoms with E-state index in [1.807, 2.05) is 0 Å². The Hall–Kier alpha value is -3.03. The molecule has 0 spiro atoms. The average Bonchev–Trinajstić information content (AvgIpc) is 2.80. The summed E-state index contributed by atoms with van der Waals surface area (Å²) >= 11 is 0. The minimum absolute atomic E-state index is 0.0979. The SMILES string of the molecule is O=C(Cn1nc2ccccn2c1=O)Nc1ccc(F)c(F)c1. The fraction of sp³-hybridized carbons (Fsp3) is 0.0714. The van der Waals surface area contributed by atoms with Gasteiger partial charge in [0.1, 0.15) is 6.54 Å². The van der Waals surface area contributed by atoms with Crippen molar-refractivity contribution in [2.75, 3.05) is 5.32 Å². The van der Waals surface area contributed by atoms with Crippen LogP contribution in [0.1, 0.15) is 0 Å². The summed E-state index contributed by atoms with van der Waals surface area (Å²) < 4.78 is 28.2. The number of anilines is 1. The van der Waals surface area contributed by atoms with Crippen LogP contribution in [0.5, 0.6) is 0 Å². The number of fused-ring (bicyclic) bond motifs is 1. The van der Waals surface area contributed by atoms with Gasteiger partial charge >= 0.3 is 5.69 Å². The zero-order valence-electron chi connectivity index (χ0n) is 11.2. The smallest absolute Gasteiger partial charge is 0.324 e. The number of nitrogens with one attached hydrogen (secondary N) is 1. The van der Waals surface area contributed by atoms with Crippen molar-refractivity contribution in [3.05, 3.63) is 64.7 Å². The van der Waals surface area contributed by atoms with Gasteiger partial charge in [0.2, 0.25) is 5.91 Å². The van der Waals surface area contributed by atoms with Crippen molar-refractivity contribution >= 4 is 17.2 Å². The maximum absolute atomic E-state index is 13.1. The summed E-state index contributed by atoms with van der Waals surface area (Å²) in [6.45, 7) is -0.334. The van der Waals surface area contributed by atoms with Crippen LogP contribution in [0.4, 0.5) is 14.5 Å². The molecule has 0 unspecified atom stereocenters. The van der Waals surface area contributed by atoms with Crippen molar-refractivity contribution in [2.45, 2.75) is 6.54 Å². The van der Waals surface area contributed by atoms with Crippen molar-refractivity contribution in [1.82, 2.24) is 14.2 Å². The van der Waals surface area contributed by atoms with Crippen LogP contribution in [-0.4, -0.2) is 20.1 Å².